The predicted molar refractivity (Wildman–Crippen MR) is 182 cm³/mol. The topological polar surface area (TPSA) is 107 Å². The van der Waals surface area contributed by atoms with Crippen LogP contribution in [0.25, 0.3) is 0 Å². The van der Waals surface area contributed by atoms with Crippen molar-refractivity contribution in [3.63, 3.8) is 0 Å². The Morgan fingerprint density at radius 1 is 0.792 bits per heavy atom. The van der Waals surface area contributed by atoms with Gasteiger partial charge >= 0.3 is 0 Å². The number of benzene rings is 3. The lowest BCUT2D eigenvalue weighted by molar-refractivity contribution is -0.0890. The average Bonchev–Trinajstić information content (AvgIpc) is 3.60. The van der Waals surface area contributed by atoms with Gasteiger partial charge in [-0.2, -0.15) is 0 Å². The zero-order chi connectivity index (χ0) is 33.0. The molecule has 0 saturated heterocycles. The van der Waals surface area contributed by atoms with Gasteiger partial charge in [0, 0.05) is 48.7 Å². The van der Waals surface area contributed by atoms with Crippen LogP contribution in [0.5, 0.6) is 28.7 Å². The second kappa shape index (κ2) is 15.0. The number of phenols is 1. The summed E-state index contributed by atoms with van der Waals surface area (Å²) in [5, 5.41) is 34.5. The van der Waals surface area contributed by atoms with Crippen molar-refractivity contribution in [1.29, 1.82) is 0 Å². The number of phenolic OH excluding ortho intramolecular Hbond substituents is 1. The highest BCUT2D eigenvalue weighted by molar-refractivity contribution is 5.52. The van der Waals surface area contributed by atoms with E-state index in [-0.39, 0.29) is 30.7 Å². The first kappa shape index (κ1) is 33.1. The van der Waals surface area contributed by atoms with E-state index < -0.39 is 24.0 Å². The third-order valence-corrected chi connectivity index (χ3v) is 10.8. The maximum absolute atomic E-state index is 12.2. The van der Waals surface area contributed by atoms with Gasteiger partial charge in [-0.25, -0.2) is 0 Å². The van der Waals surface area contributed by atoms with Gasteiger partial charge in [-0.1, -0.05) is 18.6 Å². The smallest absolute Gasteiger partial charge is 0.128 e. The minimum atomic E-state index is -0.916. The molecule has 8 heteroatoms. The molecule has 0 unspecified atom stereocenters. The van der Waals surface area contributed by atoms with Crippen LogP contribution in [0.2, 0.25) is 0 Å². The molecule has 2 aliphatic heterocycles. The van der Waals surface area contributed by atoms with Gasteiger partial charge in [0.2, 0.25) is 0 Å². The van der Waals surface area contributed by atoms with Crippen LogP contribution in [-0.4, -0.2) is 54.0 Å². The second-order valence-electron chi connectivity index (χ2n) is 14.2. The minimum Gasteiger partial charge on any atom is -0.508 e. The Kier molecular flexibility index (Phi) is 10.3. The van der Waals surface area contributed by atoms with E-state index in [1.54, 1.807) is 19.2 Å². The van der Waals surface area contributed by atoms with Gasteiger partial charge in [0.15, 0.2) is 0 Å². The van der Waals surface area contributed by atoms with Crippen LogP contribution in [0.3, 0.4) is 0 Å². The molecule has 7 rings (SSSR count). The zero-order valence-electron chi connectivity index (χ0n) is 28.0. The predicted octanol–water partition coefficient (Wildman–Crippen LogP) is 7.60. The summed E-state index contributed by atoms with van der Waals surface area (Å²) >= 11 is 0. The van der Waals surface area contributed by atoms with Gasteiger partial charge in [-0.3, -0.25) is 0 Å². The summed E-state index contributed by atoms with van der Waals surface area (Å²) in [5.74, 6) is 2.10. The van der Waals surface area contributed by atoms with E-state index in [1.165, 1.54) is 19.3 Å². The molecule has 0 amide bonds. The van der Waals surface area contributed by atoms with Gasteiger partial charge in [-0.15, -0.1) is 0 Å². The third kappa shape index (κ3) is 7.26. The molecular weight excluding hydrogens is 608 g/mol. The Morgan fingerprint density at radius 2 is 1.52 bits per heavy atom. The largest absolute Gasteiger partial charge is 0.508 e. The number of aliphatic hydroxyl groups is 2. The molecule has 258 valence electrons. The van der Waals surface area contributed by atoms with E-state index in [0.717, 1.165) is 61.8 Å². The fourth-order valence-electron chi connectivity index (χ4n) is 8.34. The van der Waals surface area contributed by atoms with Crippen LogP contribution >= 0.6 is 0 Å². The maximum Gasteiger partial charge on any atom is 0.128 e. The molecule has 2 aliphatic carbocycles. The van der Waals surface area contributed by atoms with Crippen molar-refractivity contribution in [2.75, 3.05) is 20.3 Å². The summed E-state index contributed by atoms with van der Waals surface area (Å²) in [6.07, 6.45) is 10.2. The highest BCUT2D eigenvalue weighted by Crippen LogP contribution is 2.51. The molecule has 2 fully saturated rings. The summed E-state index contributed by atoms with van der Waals surface area (Å²) in [6.45, 7) is 0.806. The summed E-state index contributed by atoms with van der Waals surface area (Å²) < 4.78 is 31.4. The van der Waals surface area contributed by atoms with Crippen molar-refractivity contribution in [3.05, 3.63) is 76.9 Å². The number of hydrogen-bond acceptors (Lipinski definition) is 8. The first-order valence-electron chi connectivity index (χ1n) is 18.0. The van der Waals surface area contributed by atoms with Gasteiger partial charge in [0.1, 0.15) is 34.9 Å². The quantitative estimate of drug-likeness (QED) is 0.181. The van der Waals surface area contributed by atoms with Gasteiger partial charge in [-0.05, 0) is 112 Å². The standard InChI is InChI=1S/C40H50O8/c1-44-18-8-15-36-37(39(43)32-22-30(16-17-35(32)48-36)46-28-11-3-2-4-12-28)34-24-45-40-26(19-25-9-7-10-27(41)20-25)21-31(23-33(40)38(34)42)47-29-13-5-6-14-29/h7,9-10,16-17,20-23,28-29,34,36-39,41-43H,2-6,8,11-15,18-19,24H2,1H3/t34-,36-,37-,38-,39+/m1/s1. The van der Waals surface area contributed by atoms with E-state index in [1.807, 2.05) is 42.5 Å². The zero-order valence-corrected chi connectivity index (χ0v) is 28.0. The van der Waals surface area contributed by atoms with Gasteiger partial charge in [0.25, 0.3) is 0 Å². The van der Waals surface area contributed by atoms with Crippen molar-refractivity contribution in [2.45, 2.75) is 108 Å². The molecule has 4 aliphatic rings. The summed E-state index contributed by atoms with van der Waals surface area (Å²) in [5.41, 5.74) is 3.19. The number of hydrogen-bond donors (Lipinski definition) is 3. The average molecular weight is 659 g/mol. The molecule has 2 heterocycles. The monoisotopic (exact) mass is 658 g/mol. The number of methoxy groups -OCH3 is 1. The first-order chi connectivity index (χ1) is 23.5. The lowest BCUT2D eigenvalue weighted by atomic mass is 9.72. The Hall–Kier alpha value is -3.46. The SMILES string of the molecule is COCCC[C@H]1Oc2ccc(OC3CCCCC3)cc2[C@H](O)[C@@H]1[C@H]1COc2c(Cc3cccc(O)c3)cc(OC3CCCC3)cc2[C@H]1O. The highest BCUT2D eigenvalue weighted by atomic mass is 16.5. The molecular formula is C40H50O8. The summed E-state index contributed by atoms with van der Waals surface area (Å²) in [6, 6.07) is 17.0. The second-order valence-corrected chi connectivity index (χ2v) is 14.2. The highest BCUT2D eigenvalue weighted by Gasteiger charge is 2.47. The molecule has 0 radical (unpaired) electrons. The molecule has 0 bridgehead atoms. The fourth-order valence-corrected chi connectivity index (χ4v) is 8.34. The number of rotatable bonds is 11. The Morgan fingerprint density at radius 3 is 2.27 bits per heavy atom. The number of fused-ring (bicyclic) bond motifs is 2. The first-order valence-corrected chi connectivity index (χ1v) is 18.0. The van der Waals surface area contributed by atoms with E-state index in [0.29, 0.717) is 47.8 Å². The fraction of sp³-hybridized carbons (Fsp3) is 0.550. The van der Waals surface area contributed by atoms with Gasteiger partial charge in [0.05, 0.1) is 31.0 Å². The summed E-state index contributed by atoms with van der Waals surface area (Å²) in [7, 11) is 1.69. The van der Waals surface area contributed by atoms with E-state index in [4.69, 9.17) is 23.7 Å². The normalized spacial score (nSPS) is 25.9. The van der Waals surface area contributed by atoms with Crippen LogP contribution in [-0.2, 0) is 11.2 Å². The summed E-state index contributed by atoms with van der Waals surface area (Å²) in [4.78, 5) is 0. The third-order valence-electron chi connectivity index (χ3n) is 10.8. The van der Waals surface area contributed by atoms with Crippen molar-refractivity contribution in [1.82, 2.24) is 0 Å². The number of aliphatic hydroxyl groups excluding tert-OH is 2. The van der Waals surface area contributed by atoms with E-state index in [2.05, 4.69) is 0 Å². The van der Waals surface area contributed by atoms with E-state index in [9.17, 15) is 15.3 Å². The van der Waals surface area contributed by atoms with E-state index >= 15 is 0 Å². The molecule has 3 N–H and O–H groups in total. The number of ether oxygens (including phenoxy) is 5. The number of aromatic hydroxyl groups is 1. The van der Waals surface area contributed by atoms with Crippen molar-refractivity contribution in [3.8, 4) is 28.7 Å². The molecule has 8 nitrogen and oxygen atoms in total. The van der Waals surface area contributed by atoms with Crippen LogP contribution in [0.4, 0.5) is 0 Å². The molecule has 2 saturated carbocycles. The molecule has 5 atom stereocenters. The Balaban J connectivity index is 1.20. The Labute approximate surface area is 284 Å². The lowest BCUT2D eigenvalue weighted by Gasteiger charge is -2.45. The Bertz CT molecular complexity index is 1530. The molecule has 3 aromatic rings. The van der Waals surface area contributed by atoms with Crippen LogP contribution in [0.15, 0.2) is 54.6 Å². The molecule has 48 heavy (non-hydrogen) atoms. The van der Waals surface area contributed by atoms with Crippen molar-refractivity contribution >= 4 is 0 Å². The van der Waals surface area contributed by atoms with Gasteiger partial charge < -0.3 is 39.0 Å². The van der Waals surface area contributed by atoms with Crippen molar-refractivity contribution in [2.24, 2.45) is 11.8 Å². The van der Waals surface area contributed by atoms with Crippen molar-refractivity contribution < 1.29 is 39.0 Å². The minimum absolute atomic E-state index is 0.148. The molecule has 3 aromatic carbocycles. The maximum atomic E-state index is 12.2. The molecule has 0 aromatic heterocycles. The van der Waals surface area contributed by atoms with Crippen LogP contribution in [0.1, 0.15) is 105 Å². The molecule has 0 spiro atoms. The lowest BCUT2D eigenvalue weighted by Crippen LogP contribution is -2.46. The van der Waals surface area contributed by atoms with Crippen LogP contribution in [0, 0.1) is 11.8 Å². The van der Waals surface area contributed by atoms with Crippen LogP contribution < -0.4 is 18.9 Å².